The van der Waals surface area contributed by atoms with Crippen molar-refractivity contribution >= 4 is 17.9 Å². The van der Waals surface area contributed by atoms with Crippen molar-refractivity contribution in [3.63, 3.8) is 0 Å². The zero-order valence-electron chi connectivity index (χ0n) is 11.1. The van der Waals surface area contributed by atoms with Crippen LogP contribution in [-0.4, -0.2) is 10.9 Å². The Balaban J connectivity index is 2.21. The summed E-state index contributed by atoms with van der Waals surface area (Å²) in [5.41, 5.74) is 2.94. The van der Waals surface area contributed by atoms with Crippen LogP contribution in [-0.2, 0) is 0 Å². The van der Waals surface area contributed by atoms with E-state index in [9.17, 15) is 9.90 Å². The summed E-state index contributed by atoms with van der Waals surface area (Å²) in [6.07, 6.45) is 2.27. The van der Waals surface area contributed by atoms with Crippen molar-refractivity contribution in [3.8, 4) is 0 Å². The molecule has 2 rings (SSSR count). The van der Waals surface area contributed by atoms with Gasteiger partial charge in [0.05, 0.1) is 0 Å². The first-order valence-electron chi connectivity index (χ1n) is 6.33. The summed E-state index contributed by atoms with van der Waals surface area (Å²) < 4.78 is 0. The van der Waals surface area contributed by atoms with E-state index in [-0.39, 0.29) is 5.78 Å². The van der Waals surface area contributed by atoms with Crippen LogP contribution < -0.4 is 0 Å². The van der Waals surface area contributed by atoms with E-state index in [4.69, 9.17) is 0 Å². The molecule has 0 heterocycles. The second kappa shape index (κ2) is 6.13. The van der Waals surface area contributed by atoms with Crippen LogP contribution in [0.25, 0.3) is 12.2 Å². The molecule has 0 aliphatic heterocycles. The minimum atomic E-state index is -1.15. The summed E-state index contributed by atoms with van der Waals surface area (Å²) in [5, 5.41) is 10.1. The van der Waals surface area contributed by atoms with Crippen LogP contribution in [0.5, 0.6) is 0 Å². The summed E-state index contributed by atoms with van der Waals surface area (Å²) in [5.74, 6) is -0.313. The summed E-state index contributed by atoms with van der Waals surface area (Å²) in [6.45, 7) is 7.33. The van der Waals surface area contributed by atoms with Crippen molar-refractivity contribution in [2.24, 2.45) is 0 Å². The summed E-state index contributed by atoms with van der Waals surface area (Å²) in [7, 11) is 0. The first kappa shape index (κ1) is 14.0. The Kier molecular flexibility index (Phi) is 4.28. The van der Waals surface area contributed by atoms with Gasteiger partial charge in [-0.15, -0.1) is 0 Å². The lowest BCUT2D eigenvalue weighted by Crippen LogP contribution is -2.12. The van der Waals surface area contributed by atoms with Crippen molar-refractivity contribution in [2.45, 2.75) is 6.10 Å². The van der Waals surface area contributed by atoms with Gasteiger partial charge < -0.3 is 5.11 Å². The molecule has 100 valence electrons. The minimum Gasteiger partial charge on any atom is -0.380 e. The molecule has 0 aliphatic carbocycles. The smallest absolute Gasteiger partial charge is 0.195 e. The zero-order valence-corrected chi connectivity index (χ0v) is 11.1. The van der Waals surface area contributed by atoms with Crippen molar-refractivity contribution in [2.75, 3.05) is 0 Å². The van der Waals surface area contributed by atoms with Gasteiger partial charge in [0.25, 0.3) is 0 Å². The third kappa shape index (κ3) is 2.92. The van der Waals surface area contributed by atoms with Gasteiger partial charge in [-0.05, 0) is 16.7 Å². The molecule has 0 saturated heterocycles. The van der Waals surface area contributed by atoms with E-state index in [0.717, 1.165) is 11.1 Å². The highest BCUT2D eigenvalue weighted by molar-refractivity contribution is 6.00. The molecule has 1 atom stereocenters. The molecule has 20 heavy (non-hydrogen) atoms. The van der Waals surface area contributed by atoms with Gasteiger partial charge in [-0.2, -0.15) is 0 Å². The lowest BCUT2D eigenvalue weighted by molar-refractivity contribution is 0.0747. The number of aliphatic hydroxyl groups is 1. The minimum absolute atomic E-state index is 0.313. The fraction of sp³-hybridized carbons (Fsp3) is 0.0556. The predicted octanol–water partition coefficient (Wildman–Crippen LogP) is 3.89. The molecule has 1 N–H and O–H groups in total. The van der Waals surface area contributed by atoms with Gasteiger partial charge in [0.2, 0.25) is 0 Å². The van der Waals surface area contributed by atoms with Crippen LogP contribution in [0.15, 0.2) is 61.7 Å². The van der Waals surface area contributed by atoms with Crippen LogP contribution in [0.4, 0.5) is 0 Å². The van der Waals surface area contributed by atoms with Crippen molar-refractivity contribution in [3.05, 3.63) is 83.9 Å². The van der Waals surface area contributed by atoms with Gasteiger partial charge in [0.1, 0.15) is 6.10 Å². The average Bonchev–Trinajstić information content (AvgIpc) is 2.53. The molecule has 0 aromatic heterocycles. The molecule has 2 heteroatoms. The number of hydrogen-bond donors (Lipinski definition) is 1. The monoisotopic (exact) mass is 264 g/mol. The maximum Gasteiger partial charge on any atom is 0.195 e. The standard InChI is InChI=1S/C18H16O2/c1-3-13-5-9-15(10-6-13)17(19)18(20)16-11-7-14(4-2)8-12-16/h3-12,17,19H,1-2H2. The Labute approximate surface area is 118 Å². The third-order valence-electron chi connectivity index (χ3n) is 3.17. The summed E-state index contributed by atoms with van der Waals surface area (Å²) >= 11 is 0. The number of Topliss-reactive ketones (excluding diaryl/α,β-unsaturated/α-hetero) is 1. The Morgan fingerprint density at radius 2 is 1.35 bits per heavy atom. The fourth-order valence-electron chi connectivity index (χ4n) is 1.91. The number of carbonyl (C=O) groups is 1. The highest BCUT2D eigenvalue weighted by Gasteiger charge is 2.18. The van der Waals surface area contributed by atoms with Crippen LogP contribution in [0.3, 0.4) is 0 Å². The second-order valence-corrected chi connectivity index (χ2v) is 4.46. The molecule has 2 nitrogen and oxygen atoms in total. The maximum atomic E-state index is 12.2. The van der Waals surface area contributed by atoms with Crippen molar-refractivity contribution in [1.29, 1.82) is 0 Å². The fourth-order valence-corrected chi connectivity index (χ4v) is 1.91. The highest BCUT2D eigenvalue weighted by Crippen LogP contribution is 2.20. The Morgan fingerprint density at radius 1 is 0.900 bits per heavy atom. The first-order valence-corrected chi connectivity index (χ1v) is 6.33. The summed E-state index contributed by atoms with van der Waals surface area (Å²) in [6, 6.07) is 14.1. The molecular weight excluding hydrogens is 248 g/mol. The van der Waals surface area contributed by atoms with Crippen molar-refractivity contribution < 1.29 is 9.90 Å². The number of carbonyl (C=O) groups excluding carboxylic acids is 1. The second-order valence-electron chi connectivity index (χ2n) is 4.46. The maximum absolute atomic E-state index is 12.2. The SMILES string of the molecule is C=Cc1ccc(C(=O)C(O)c2ccc(C=C)cc2)cc1. The van der Waals surface area contributed by atoms with Gasteiger partial charge in [0.15, 0.2) is 5.78 Å². The lowest BCUT2D eigenvalue weighted by Gasteiger charge is -2.10. The van der Waals surface area contributed by atoms with E-state index in [2.05, 4.69) is 13.2 Å². The normalized spacial score (nSPS) is 11.7. The molecule has 0 amide bonds. The average molecular weight is 264 g/mol. The molecule has 0 saturated carbocycles. The molecule has 2 aromatic carbocycles. The lowest BCUT2D eigenvalue weighted by atomic mass is 9.98. The van der Waals surface area contributed by atoms with Gasteiger partial charge >= 0.3 is 0 Å². The van der Waals surface area contributed by atoms with Gasteiger partial charge in [0, 0.05) is 5.56 Å². The van der Waals surface area contributed by atoms with Crippen LogP contribution in [0.2, 0.25) is 0 Å². The molecule has 0 radical (unpaired) electrons. The van der Waals surface area contributed by atoms with Gasteiger partial charge in [-0.1, -0.05) is 73.8 Å². The van der Waals surface area contributed by atoms with Crippen LogP contribution >= 0.6 is 0 Å². The van der Waals surface area contributed by atoms with Gasteiger partial charge in [-0.3, -0.25) is 4.79 Å². The third-order valence-corrected chi connectivity index (χ3v) is 3.17. The number of rotatable bonds is 5. The van der Waals surface area contributed by atoms with E-state index in [1.807, 2.05) is 12.1 Å². The van der Waals surface area contributed by atoms with E-state index >= 15 is 0 Å². The first-order chi connectivity index (χ1) is 9.65. The molecule has 0 spiro atoms. The molecule has 0 fully saturated rings. The largest absolute Gasteiger partial charge is 0.380 e. The topological polar surface area (TPSA) is 37.3 Å². The number of ketones is 1. The Morgan fingerprint density at radius 3 is 1.80 bits per heavy atom. The number of aliphatic hydroxyl groups excluding tert-OH is 1. The molecule has 1 unspecified atom stereocenters. The Hall–Kier alpha value is -2.45. The Bertz CT molecular complexity index is 621. The summed E-state index contributed by atoms with van der Waals surface area (Å²) in [4.78, 5) is 12.2. The number of benzene rings is 2. The van der Waals surface area contributed by atoms with Crippen LogP contribution in [0.1, 0.15) is 33.2 Å². The van der Waals surface area contributed by atoms with Gasteiger partial charge in [-0.25, -0.2) is 0 Å². The zero-order chi connectivity index (χ0) is 14.5. The molecular formula is C18H16O2. The molecule has 0 aliphatic rings. The molecule has 2 aromatic rings. The van der Waals surface area contributed by atoms with Crippen LogP contribution in [0, 0.1) is 0 Å². The molecule has 0 bridgehead atoms. The van der Waals surface area contributed by atoms with E-state index in [1.165, 1.54) is 0 Å². The quantitative estimate of drug-likeness (QED) is 0.832. The van der Waals surface area contributed by atoms with Crippen molar-refractivity contribution in [1.82, 2.24) is 0 Å². The highest BCUT2D eigenvalue weighted by atomic mass is 16.3. The van der Waals surface area contributed by atoms with E-state index in [0.29, 0.717) is 11.1 Å². The van der Waals surface area contributed by atoms with E-state index in [1.54, 1.807) is 48.6 Å². The predicted molar refractivity (Wildman–Crippen MR) is 82.4 cm³/mol. The van der Waals surface area contributed by atoms with E-state index < -0.39 is 6.10 Å². The number of hydrogen-bond acceptors (Lipinski definition) is 2.